The van der Waals surface area contributed by atoms with Gasteiger partial charge in [0.2, 0.25) is 0 Å². The van der Waals surface area contributed by atoms with Crippen molar-refractivity contribution >= 4 is 11.5 Å². The molecule has 0 bridgehead atoms. The SMILES string of the molecule is COc1cccc(N(C)Cc2cc(N)no2)c1. The number of rotatable bonds is 4. The van der Waals surface area contributed by atoms with Gasteiger partial charge in [0.1, 0.15) is 5.75 Å². The molecule has 0 radical (unpaired) electrons. The van der Waals surface area contributed by atoms with Gasteiger partial charge in [0.05, 0.1) is 13.7 Å². The van der Waals surface area contributed by atoms with Gasteiger partial charge in [-0.15, -0.1) is 0 Å². The minimum Gasteiger partial charge on any atom is -0.497 e. The van der Waals surface area contributed by atoms with Gasteiger partial charge < -0.3 is 19.9 Å². The lowest BCUT2D eigenvalue weighted by atomic mass is 10.2. The van der Waals surface area contributed by atoms with Crippen LogP contribution >= 0.6 is 0 Å². The Labute approximate surface area is 99.8 Å². The molecule has 0 fully saturated rings. The van der Waals surface area contributed by atoms with Gasteiger partial charge in [-0.25, -0.2) is 0 Å². The lowest BCUT2D eigenvalue weighted by molar-refractivity contribution is 0.385. The fraction of sp³-hybridized carbons (Fsp3) is 0.250. The third-order valence-electron chi connectivity index (χ3n) is 2.46. The van der Waals surface area contributed by atoms with Crippen LogP contribution in [0.25, 0.3) is 0 Å². The van der Waals surface area contributed by atoms with Gasteiger partial charge in [0, 0.05) is 24.9 Å². The molecule has 0 amide bonds. The summed E-state index contributed by atoms with van der Waals surface area (Å²) < 4.78 is 10.2. The van der Waals surface area contributed by atoms with Crippen LogP contribution in [0.4, 0.5) is 11.5 Å². The van der Waals surface area contributed by atoms with Crippen LogP contribution < -0.4 is 15.4 Å². The molecule has 0 aliphatic heterocycles. The predicted octanol–water partition coefficient (Wildman–Crippen LogP) is 1.90. The van der Waals surface area contributed by atoms with E-state index in [0.29, 0.717) is 12.4 Å². The number of nitrogens with two attached hydrogens (primary N) is 1. The highest BCUT2D eigenvalue weighted by molar-refractivity contribution is 5.50. The Bertz CT molecular complexity index is 496. The average Bonchev–Trinajstić information content (AvgIpc) is 2.75. The quantitative estimate of drug-likeness (QED) is 0.873. The number of ether oxygens (including phenoxy) is 1. The largest absolute Gasteiger partial charge is 0.497 e. The topological polar surface area (TPSA) is 64.5 Å². The summed E-state index contributed by atoms with van der Waals surface area (Å²) in [6.45, 7) is 0.608. The number of benzene rings is 1. The summed E-state index contributed by atoms with van der Waals surface area (Å²) in [5.41, 5.74) is 6.54. The van der Waals surface area contributed by atoms with Crippen molar-refractivity contribution < 1.29 is 9.26 Å². The zero-order chi connectivity index (χ0) is 12.3. The van der Waals surface area contributed by atoms with E-state index in [9.17, 15) is 0 Å². The van der Waals surface area contributed by atoms with Gasteiger partial charge in [0.25, 0.3) is 0 Å². The molecule has 1 heterocycles. The maximum Gasteiger partial charge on any atom is 0.167 e. The van der Waals surface area contributed by atoms with E-state index < -0.39 is 0 Å². The molecule has 0 atom stereocenters. The first-order valence-corrected chi connectivity index (χ1v) is 5.25. The van der Waals surface area contributed by atoms with Gasteiger partial charge in [-0.2, -0.15) is 0 Å². The van der Waals surface area contributed by atoms with Crippen LogP contribution in [-0.4, -0.2) is 19.3 Å². The molecule has 0 aliphatic carbocycles. The molecular weight excluding hydrogens is 218 g/mol. The number of anilines is 2. The molecule has 5 nitrogen and oxygen atoms in total. The van der Waals surface area contributed by atoms with Crippen molar-refractivity contribution in [3.63, 3.8) is 0 Å². The number of nitrogen functional groups attached to an aromatic ring is 1. The molecule has 0 aliphatic rings. The number of nitrogens with zero attached hydrogens (tertiary/aromatic N) is 2. The van der Waals surface area contributed by atoms with Crippen LogP contribution in [0.5, 0.6) is 5.75 Å². The van der Waals surface area contributed by atoms with Crippen molar-refractivity contribution in [2.45, 2.75) is 6.54 Å². The van der Waals surface area contributed by atoms with Crippen LogP contribution in [0.2, 0.25) is 0 Å². The summed E-state index contributed by atoms with van der Waals surface area (Å²) in [6.07, 6.45) is 0. The van der Waals surface area contributed by atoms with Crippen molar-refractivity contribution in [2.24, 2.45) is 0 Å². The molecule has 2 rings (SSSR count). The van der Waals surface area contributed by atoms with E-state index in [0.717, 1.165) is 17.2 Å². The summed E-state index contributed by atoms with van der Waals surface area (Å²) in [6, 6.07) is 9.53. The van der Waals surface area contributed by atoms with E-state index in [-0.39, 0.29) is 0 Å². The van der Waals surface area contributed by atoms with Gasteiger partial charge in [-0.1, -0.05) is 11.2 Å². The van der Waals surface area contributed by atoms with Crippen LogP contribution in [0.3, 0.4) is 0 Å². The van der Waals surface area contributed by atoms with E-state index in [1.54, 1.807) is 13.2 Å². The Hall–Kier alpha value is -2.17. The molecular formula is C12H15N3O2. The molecule has 5 heteroatoms. The van der Waals surface area contributed by atoms with Crippen molar-refractivity contribution in [1.29, 1.82) is 0 Å². The van der Waals surface area contributed by atoms with E-state index in [2.05, 4.69) is 5.16 Å². The van der Waals surface area contributed by atoms with Gasteiger partial charge in [-0.05, 0) is 12.1 Å². The van der Waals surface area contributed by atoms with Crippen LogP contribution in [0, 0.1) is 0 Å². The highest BCUT2D eigenvalue weighted by atomic mass is 16.5. The Morgan fingerprint density at radius 2 is 2.24 bits per heavy atom. The molecule has 17 heavy (non-hydrogen) atoms. The number of hydrogen-bond donors (Lipinski definition) is 1. The lowest BCUT2D eigenvalue weighted by Gasteiger charge is -2.17. The molecule has 2 N–H and O–H groups in total. The van der Waals surface area contributed by atoms with Crippen molar-refractivity contribution in [3.05, 3.63) is 36.1 Å². The number of aromatic nitrogens is 1. The monoisotopic (exact) mass is 233 g/mol. The molecule has 2 aromatic rings. The van der Waals surface area contributed by atoms with Gasteiger partial charge in [0.15, 0.2) is 11.6 Å². The summed E-state index contributed by atoms with van der Waals surface area (Å²) in [5, 5.41) is 3.65. The molecule has 0 unspecified atom stereocenters. The second kappa shape index (κ2) is 4.78. The normalized spacial score (nSPS) is 10.2. The fourth-order valence-electron chi connectivity index (χ4n) is 1.58. The van der Waals surface area contributed by atoms with E-state index in [4.69, 9.17) is 15.0 Å². The Kier molecular flexibility index (Phi) is 3.18. The van der Waals surface area contributed by atoms with E-state index in [1.807, 2.05) is 36.2 Å². The predicted molar refractivity (Wildman–Crippen MR) is 66.0 cm³/mol. The van der Waals surface area contributed by atoms with Crippen molar-refractivity contribution in [3.8, 4) is 5.75 Å². The third kappa shape index (κ3) is 2.69. The van der Waals surface area contributed by atoms with E-state index >= 15 is 0 Å². The Morgan fingerprint density at radius 3 is 2.88 bits per heavy atom. The second-order valence-electron chi connectivity index (χ2n) is 3.78. The van der Waals surface area contributed by atoms with Crippen LogP contribution in [0.15, 0.2) is 34.9 Å². The number of hydrogen-bond acceptors (Lipinski definition) is 5. The maximum atomic E-state index is 5.50. The Balaban J connectivity index is 2.11. The summed E-state index contributed by atoms with van der Waals surface area (Å²) in [5.74, 6) is 1.96. The first-order valence-electron chi connectivity index (χ1n) is 5.25. The zero-order valence-electron chi connectivity index (χ0n) is 9.88. The third-order valence-corrected chi connectivity index (χ3v) is 2.46. The highest BCUT2D eigenvalue weighted by Gasteiger charge is 2.07. The molecule has 0 saturated carbocycles. The van der Waals surface area contributed by atoms with Crippen LogP contribution in [0.1, 0.15) is 5.76 Å². The first kappa shape index (κ1) is 11.3. The van der Waals surface area contributed by atoms with Crippen LogP contribution in [-0.2, 0) is 6.54 Å². The highest BCUT2D eigenvalue weighted by Crippen LogP contribution is 2.21. The van der Waals surface area contributed by atoms with Crippen molar-refractivity contribution in [1.82, 2.24) is 5.16 Å². The minimum absolute atomic E-state index is 0.402. The van der Waals surface area contributed by atoms with E-state index in [1.165, 1.54) is 0 Å². The standard InChI is InChI=1S/C12H15N3O2/c1-15(8-11-7-12(13)14-17-11)9-4-3-5-10(6-9)16-2/h3-7H,8H2,1-2H3,(H2,13,14). The van der Waals surface area contributed by atoms with Crippen molar-refractivity contribution in [2.75, 3.05) is 24.8 Å². The molecule has 0 spiro atoms. The summed E-state index contributed by atoms with van der Waals surface area (Å²) in [7, 11) is 3.61. The molecule has 1 aromatic heterocycles. The summed E-state index contributed by atoms with van der Waals surface area (Å²) in [4.78, 5) is 2.03. The number of methoxy groups -OCH3 is 1. The molecule has 90 valence electrons. The molecule has 0 saturated heterocycles. The lowest BCUT2D eigenvalue weighted by Crippen LogP contribution is -2.15. The van der Waals surface area contributed by atoms with Gasteiger partial charge in [-0.3, -0.25) is 0 Å². The Morgan fingerprint density at radius 1 is 1.41 bits per heavy atom. The average molecular weight is 233 g/mol. The smallest absolute Gasteiger partial charge is 0.167 e. The fourth-order valence-corrected chi connectivity index (χ4v) is 1.58. The first-order chi connectivity index (χ1) is 8.19. The zero-order valence-corrected chi connectivity index (χ0v) is 9.88. The maximum absolute atomic E-state index is 5.50. The molecule has 1 aromatic carbocycles. The summed E-state index contributed by atoms with van der Waals surface area (Å²) >= 11 is 0. The minimum atomic E-state index is 0.402. The van der Waals surface area contributed by atoms with Gasteiger partial charge >= 0.3 is 0 Å². The second-order valence-corrected chi connectivity index (χ2v) is 3.78.